The van der Waals surface area contributed by atoms with Crippen molar-refractivity contribution in [2.45, 2.75) is 46.1 Å². The third-order valence-corrected chi connectivity index (χ3v) is 7.47. The van der Waals surface area contributed by atoms with E-state index in [4.69, 9.17) is 9.47 Å². The largest absolute Gasteiger partial charge is 0.497 e. The first kappa shape index (κ1) is 29.6. The second kappa shape index (κ2) is 12.0. The van der Waals surface area contributed by atoms with Gasteiger partial charge in [0.15, 0.2) is 0 Å². The molecule has 41 heavy (non-hydrogen) atoms. The summed E-state index contributed by atoms with van der Waals surface area (Å²) in [6, 6.07) is 19.2. The first-order valence-electron chi connectivity index (χ1n) is 13.2. The lowest BCUT2D eigenvalue weighted by Gasteiger charge is -2.21. The van der Waals surface area contributed by atoms with E-state index in [1.807, 2.05) is 68.0 Å². The summed E-state index contributed by atoms with van der Waals surface area (Å²) in [6.07, 6.45) is 0.144. The number of amides is 2. The van der Waals surface area contributed by atoms with Gasteiger partial charge in [0.25, 0.3) is 0 Å². The maximum Gasteiger partial charge on any atom is 0.419 e. The van der Waals surface area contributed by atoms with E-state index in [1.165, 1.54) is 0 Å². The summed E-state index contributed by atoms with van der Waals surface area (Å²) in [4.78, 5) is 30.5. The number of nitrogens with zero attached hydrogens (tertiary/aromatic N) is 2. The van der Waals surface area contributed by atoms with Gasteiger partial charge >= 0.3 is 12.1 Å². The maximum absolute atomic E-state index is 13.7. The monoisotopic (exact) mass is 578 g/mol. The van der Waals surface area contributed by atoms with Crippen LogP contribution < -0.4 is 14.8 Å². The summed E-state index contributed by atoms with van der Waals surface area (Å²) in [5.74, 6) is 0.604. The van der Waals surface area contributed by atoms with E-state index in [0.717, 1.165) is 16.5 Å². The van der Waals surface area contributed by atoms with Crippen LogP contribution >= 0.6 is 0 Å². The molecule has 2 N–H and O–H groups in total. The molecular weight excluding hydrogens is 544 g/mol. The number of carbonyl (C=O) groups is 2. The SMILES string of the molecule is CCCS(=O)(=O)NC(=O)Nc1cccc(Cc2c(-c3ccccc3)n(C(=O)OC(C)(C)C)c3cc(OC)ccc23)n1. The quantitative estimate of drug-likeness (QED) is 0.264. The molecule has 0 spiro atoms. The smallest absolute Gasteiger partial charge is 0.419 e. The molecule has 0 fully saturated rings. The molecule has 10 nitrogen and oxygen atoms in total. The topological polar surface area (TPSA) is 129 Å². The molecule has 0 saturated heterocycles. The number of methoxy groups -OCH3 is 1. The van der Waals surface area contributed by atoms with Gasteiger partial charge in [-0.1, -0.05) is 43.3 Å². The van der Waals surface area contributed by atoms with E-state index in [9.17, 15) is 18.0 Å². The minimum Gasteiger partial charge on any atom is -0.497 e. The molecule has 0 bridgehead atoms. The van der Waals surface area contributed by atoms with Gasteiger partial charge in [0.1, 0.15) is 17.2 Å². The minimum absolute atomic E-state index is 0.164. The molecular formula is C30H34N4O6S. The Morgan fingerprint density at radius 1 is 1.00 bits per heavy atom. The van der Waals surface area contributed by atoms with Crippen molar-refractivity contribution in [2.75, 3.05) is 18.2 Å². The molecule has 11 heteroatoms. The fourth-order valence-electron chi connectivity index (χ4n) is 4.47. The minimum atomic E-state index is -3.74. The Labute approximate surface area is 239 Å². The highest BCUT2D eigenvalue weighted by Crippen LogP contribution is 2.37. The summed E-state index contributed by atoms with van der Waals surface area (Å²) in [6.45, 7) is 7.15. The molecule has 0 radical (unpaired) electrons. The summed E-state index contributed by atoms with van der Waals surface area (Å²) in [5.41, 5.74) is 2.75. The average Bonchev–Trinajstić information content (AvgIpc) is 3.21. The highest BCUT2D eigenvalue weighted by atomic mass is 32.2. The lowest BCUT2D eigenvalue weighted by molar-refractivity contribution is 0.0547. The summed E-state index contributed by atoms with van der Waals surface area (Å²) >= 11 is 0. The lowest BCUT2D eigenvalue weighted by atomic mass is 10.0. The molecule has 0 unspecified atom stereocenters. The third kappa shape index (κ3) is 7.23. The Morgan fingerprint density at radius 3 is 2.39 bits per heavy atom. The van der Waals surface area contributed by atoms with Crippen molar-refractivity contribution in [3.05, 3.63) is 78.0 Å². The summed E-state index contributed by atoms with van der Waals surface area (Å²) in [7, 11) is -2.18. The number of nitrogens with one attached hydrogen (secondary N) is 2. The van der Waals surface area contributed by atoms with Crippen molar-refractivity contribution >= 4 is 38.9 Å². The van der Waals surface area contributed by atoms with Gasteiger partial charge in [-0.2, -0.15) is 0 Å². The molecule has 2 heterocycles. The van der Waals surface area contributed by atoms with E-state index in [-0.39, 0.29) is 11.6 Å². The van der Waals surface area contributed by atoms with E-state index in [0.29, 0.717) is 35.5 Å². The van der Waals surface area contributed by atoms with Crippen molar-refractivity contribution in [1.29, 1.82) is 0 Å². The van der Waals surface area contributed by atoms with Crippen molar-refractivity contribution in [1.82, 2.24) is 14.3 Å². The number of hydrogen-bond acceptors (Lipinski definition) is 7. The van der Waals surface area contributed by atoms with Crippen LogP contribution in [0.2, 0.25) is 0 Å². The molecule has 0 atom stereocenters. The third-order valence-electron chi connectivity index (χ3n) is 6.03. The van der Waals surface area contributed by atoms with Crippen LogP contribution in [0, 0.1) is 0 Å². The number of urea groups is 1. The van der Waals surface area contributed by atoms with Crippen LogP contribution in [0.4, 0.5) is 15.4 Å². The lowest BCUT2D eigenvalue weighted by Crippen LogP contribution is -2.36. The zero-order valence-corrected chi connectivity index (χ0v) is 24.5. The number of ether oxygens (including phenoxy) is 2. The number of benzene rings is 2. The number of hydrogen-bond donors (Lipinski definition) is 2. The molecule has 2 aromatic carbocycles. The van der Waals surface area contributed by atoms with Crippen LogP contribution in [0.5, 0.6) is 5.75 Å². The molecule has 0 saturated carbocycles. The van der Waals surface area contributed by atoms with Gasteiger partial charge in [-0.25, -0.2) is 32.3 Å². The Balaban J connectivity index is 1.81. The maximum atomic E-state index is 13.7. The highest BCUT2D eigenvalue weighted by Gasteiger charge is 2.27. The highest BCUT2D eigenvalue weighted by molar-refractivity contribution is 7.90. The number of carbonyl (C=O) groups excluding carboxylic acids is 2. The van der Waals surface area contributed by atoms with Crippen molar-refractivity contribution < 1.29 is 27.5 Å². The first-order valence-corrected chi connectivity index (χ1v) is 14.8. The van der Waals surface area contributed by atoms with E-state index in [2.05, 4.69) is 10.3 Å². The number of pyridine rings is 1. The number of sulfonamides is 1. The van der Waals surface area contributed by atoms with Gasteiger partial charge in [0.2, 0.25) is 10.0 Å². The molecule has 4 rings (SSSR count). The number of fused-ring (bicyclic) bond motifs is 1. The average molecular weight is 579 g/mol. The summed E-state index contributed by atoms with van der Waals surface area (Å²) < 4.78 is 38.8. The van der Waals surface area contributed by atoms with Gasteiger partial charge in [-0.15, -0.1) is 0 Å². The van der Waals surface area contributed by atoms with Crippen LogP contribution in [0.1, 0.15) is 45.4 Å². The predicted molar refractivity (Wildman–Crippen MR) is 159 cm³/mol. The van der Waals surface area contributed by atoms with Crippen LogP contribution in [0.25, 0.3) is 22.2 Å². The Kier molecular flexibility index (Phi) is 8.67. The molecule has 2 amide bonds. The van der Waals surface area contributed by atoms with Gasteiger partial charge in [-0.05, 0) is 62.6 Å². The zero-order valence-electron chi connectivity index (χ0n) is 23.7. The fourth-order valence-corrected chi connectivity index (χ4v) is 5.44. The van der Waals surface area contributed by atoms with Crippen LogP contribution in [-0.2, 0) is 21.2 Å². The molecule has 4 aromatic rings. The second-order valence-electron chi connectivity index (χ2n) is 10.5. The van der Waals surface area contributed by atoms with E-state index < -0.39 is 27.7 Å². The molecule has 216 valence electrons. The van der Waals surface area contributed by atoms with Crippen molar-refractivity contribution in [3.63, 3.8) is 0 Å². The standard InChI is InChI=1S/C30H34N4O6S/c1-6-17-41(37,38)33-28(35)32-26-14-10-13-21(31-26)18-24-23-16-15-22(39-5)19-25(23)34(29(36)40-30(2,3)4)27(24)20-11-8-7-9-12-20/h7-16,19H,6,17-18H2,1-5H3,(H2,31,32,33,35). The second-order valence-corrected chi connectivity index (χ2v) is 12.3. The van der Waals surface area contributed by atoms with E-state index >= 15 is 0 Å². The molecule has 2 aromatic heterocycles. The van der Waals surface area contributed by atoms with Gasteiger partial charge in [0.05, 0.1) is 24.1 Å². The van der Waals surface area contributed by atoms with Crippen LogP contribution in [0.15, 0.2) is 66.7 Å². The molecule has 0 aliphatic heterocycles. The van der Waals surface area contributed by atoms with Crippen molar-refractivity contribution in [3.8, 4) is 17.0 Å². The van der Waals surface area contributed by atoms with Gasteiger partial charge < -0.3 is 9.47 Å². The predicted octanol–water partition coefficient (Wildman–Crippen LogP) is 5.95. The Morgan fingerprint density at radius 2 is 1.73 bits per heavy atom. The number of aromatic nitrogens is 2. The normalized spacial score (nSPS) is 11.7. The van der Waals surface area contributed by atoms with Crippen LogP contribution in [-0.4, -0.2) is 48.6 Å². The first-order chi connectivity index (χ1) is 19.4. The number of anilines is 1. The fraction of sp³-hybridized carbons (Fsp3) is 0.300. The molecule has 0 aliphatic carbocycles. The zero-order chi connectivity index (χ0) is 29.8. The summed E-state index contributed by atoms with van der Waals surface area (Å²) in [5, 5.41) is 3.30. The van der Waals surface area contributed by atoms with E-state index in [1.54, 1.807) is 42.9 Å². The number of rotatable bonds is 8. The van der Waals surface area contributed by atoms with Crippen molar-refractivity contribution in [2.24, 2.45) is 0 Å². The molecule has 0 aliphatic rings. The van der Waals surface area contributed by atoms with Crippen LogP contribution in [0.3, 0.4) is 0 Å². The van der Waals surface area contributed by atoms with Gasteiger partial charge in [-0.3, -0.25) is 5.32 Å². The Bertz CT molecular complexity index is 1670. The Hall–Kier alpha value is -4.38. The van der Waals surface area contributed by atoms with Gasteiger partial charge in [0, 0.05) is 23.6 Å².